The average molecular weight is 385 g/mol. The first-order valence-electron chi connectivity index (χ1n) is 8.87. The number of ether oxygens (including phenoxy) is 1. The molecule has 0 unspecified atom stereocenters. The number of aromatic nitrogens is 2. The summed E-state index contributed by atoms with van der Waals surface area (Å²) < 4.78 is 11.2. The maximum atomic E-state index is 12.8. The fourth-order valence-electron chi connectivity index (χ4n) is 2.76. The van der Waals surface area contributed by atoms with Gasteiger partial charge in [-0.1, -0.05) is 28.9 Å². The van der Waals surface area contributed by atoms with E-state index in [1.165, 1.54) is 0 Å². The highest BCUT2D eigenvalue weighted by molar-refractivity contribution is 7.13. The molecule has 3 aromatic rings. The monoisotopic (exact) mass is 385 g/mol. The molecular weight excluding hydrogens is 362 g/mol. The summed E-state index contributed by atoms with van der Waals surface area (Å²) in [7, 11) is 0. The highest BCUT2D eigenvalue weighted by Gasteiger charge is 2.24. The Kier molecular flexibility index (Phi) is 5.91. The minimum atomic E-state index is -0.606. The fourth-order valence-corrected chi connectivity index (χ4v) is 3.41. The van der Waals surface area contributed by atoms with Crippen LogP contribution in [-0.4, -0.2) is 33.6 Å². The van der Waals surface area contributed by atoms with Crippen LogP contribution in [0.5, 0.6) is 5.75 Å². The smallest absolute Gasteiger partial charge is 0.263 e. The van der Waals surface area contributed by atoms with Gasteiger partial charge in [0.15, 0.2) is 6.10 Å². The number of likely N-dealkylation sites (N-methyl/N-ethyl adjacent to an activating group) is 1. The Labute approximate surface area is 162 Å². The van der Waals surface area contributed by atoms with Crippen molar-refractivity contribution in [2.45, 2.75) is 40.3 Å². The molecule has 0 radical (unpaired) electrons. The van der Waals surface area contributed by atoms with Crippen LogP contribution in [0.15, 0.2) is 40.2 Å². The van der Waals surface area contributed by atoms with Crippen LogP contribution in [0.1, 0.15) is 30.9 Å². The number of benzene rings is 1. The van der Waals surface area contributed by atoms with Gasteiger partial charge in [0.2, 0.25) is 11.7 Å². The van der Waals surface area contributed by atoms with Crippen LogP contribution in [0.3, 0.4) is 0 Å². The van der Waals surface area contributed by atoms with E-state index in [4.69, 9.17) is 9.26 Å². The number of aryl methyl sites for hydroxylation is 2. The number of rotatable bonds is 7. The number of thiophene rings is 1. The summed E-state index contributed by atoms with van der Waals surface area (Å²) in [6.45, 7) is 8.46. The summed E-state index contributed by atoms with van der Waals surface area (Å²) in [6.07, 6.45) is -0.606. The molecule has 6 nitrogen and oxygen atoms in total. The third-order valence-corrected chi connectivity index (χ3v) is 5.08. The number of hydrogen-bond donors (Lipinski definition) is 0. The summed E-state index contributed by atoms with van der Waals surface area (Å²) in [5.74, 6) is 1.55. The second kappa shape index (κ2) is 8.35. The number of amides is 1. The van der Waals surface area contributed by atoms with Crippen molar-refractivity contribution >= 4 is 17.2 Å². The predicted octanol–water partition coefficient (Wildman–Crippen LogP) is 4.23. The second-order valence-electron chi connectivity index (χ2n) is 6.37. The highest BCUT2D eigenvalue weighted by Crippen LogP contribution is 2.23. The SMILES string of the molecule is CCN(Cc1nc(-c2cccs2)no1)C(=O)[C@@H](C)Oc1ccc(C)cc1C. The molecule has 0 fully saturated rings. The van der Waals surface area contributed by atoms with Crippen molar-refractivity contribution in [3.8, 4) is 16.5 Å². The molecule has 142 valence electrons. The van der Waals surface area contributed by atoms with Crippen LogP contribution in [0, 0.1) is 13.8 Å². The largest absolute Gasteiger partial charge is 0.481 e. The minimum absolute atomic E-state index is 0.117. The first kappa shape index (κ1) is 19.1. The van der Waals surface area contributed by atoms with Crippen molar-refractivity contribution in [1.29, 1.82) is 0 Å². The van der Waals surface area contributed by atoms with Gasteiger partial charge in [-0.2, -0.15) is 4.98 Å². The topological polar surface area (TPSA) is 68.5 Å². The Hall–Kier alpha value is -2.67. The average Bonchev–Trinajstić information content (AvgIpc) is 3.32. The number of carbonyl (C=O) groups is 1. The molecule has 2 heterocycles. The van der Waals surface area contributed by atoms with Crippen molar-refractivity contribution in [1.82, 2.24) is 15.0 Å². The first-order valence-corrected chi connectivity index (χ1v) is 9.75. The van der Waals surface area contributed by atoms with E-state index in [2.05, 4.69) is 10.1 Å². The molecule has 1 atom stereocenters. The van der Waals surface area contributed by atoms with Gasteiger partial charge in [0.25, 0.3) is 5.91 Å². The molecule has 0 aliphatic carbocycles. The number of hydrogen-bond acceptors (Lipinski definition) is 6. The van der Waals surface area contributed by atoms with E-state index in [-0.39, 0.29) is 12.5 Å². The number of nitrogens with zero attached hydrogens (tertiary/aromatic N) is 3. The fraction of sp³-hybridized carbons (Fsp3) is 0.350. The van der Waals surface area contributed by atoms with Crippen LogP contribution in [0.4, 0.5) is 0 Å². The Bertz CT molecular complexity index is 905. The van der Waals surface area contributed by atoms with Gasteiger partial charge in [-0.3, -0.25) is 4.79 Å². The lowest BCUT2D eigenvalue weighted by Crippen LogP contribution is -2.40. The molecular formula is C20H23N3O3S. The standard InChI is InChI=1S/C20H23N3O3S/c1-5-23(12-18-21-19(22-26-18)17-7-6-10-27-17)20(24)15(4)25-16-9-8-13(2)11-14(16)3/h6-11,15H,5,12H2,1-4H3/t15-/m1/s1. The zero-order valence-corrected chi connectivity index (χ0v) is 16.7. The van der Waals surface area contributed by atoms with Crippen molar-refractivity contribution in [2.24, 2.45) is 0 Å². The maximum absolute atomic E-state index is 12.8. The van der Waals surface area contributed by atoms with Gasteiger partial charge in [0.05, 0.1) is 4.88 Å². The normalized spacial score (nSPS) is 12.0. The van der Waals surface area contributed by atoms with Gasteiger partial charge in [0, 0.05) is 6.54 Å². The summed E-state index contributed by atoms with van der Waals surface area (Å²) >= 11 is 1.54. The molecule has 27 heavy (non-hydrogen) atoms. The lowest BCUT2D eigenvalue weighted by Gasteiger charge is -2.24. The summed E-state index contributed by atoms with van der Waals surface area (Å²) in [4.78, 5) is 19.8. The Morgan fingerprint density at radius 1 is 1.33 bits per heavy atom. The third-order valence-electron chi connectivity index (χ3n) is 4.21. The van der Waals surface area contributed by atoms with E-state index in [9.17, 15) is 4.79 Å². The zero-order chi connectivity index (χ0) is 19.4. The van der Waals surface area contributed by atoms with E-state index >= 15 is 0 Å². The van der Waals surface area contributed by atoms with Crippen molar-refractivity contribution in [2.75, 3.05) is 6.54 Å². The molecule has 3 rings (SSSR count). The second-order valence-corrected chi connectivity index (χ2v) is 7.32. The molecule has 0 aliphatic rings. The van der Waals surface area contributed by atoms with Crippen molar-refractivity contribution in [3.63, 3.8) is 0 Å². The Morgan fingerprint density at radius 2 is 2.15 bits per heavy atom. The lowest BCUT2D eigenvalue weighted by atomic mass is 10.1. The molecule has 0 bridgehead atoms. The maximum Gasteiger partial charge on any atom is 0.263 e. The molecule has 0 saturated heterocycles. The summed E-state index contributed by atoms with van der Waals surface area (Å²) in [6, 6.07) is 9.78. The Morgan fingerprint density at radius 3 is 2.81 bits per heavy atom. The van der Waals surface area contributed by atoms with Crippen LogP contribution in [-0.2, 0) is 11.3 Å². The van der Waals surface area contributed by atoms with Gasteiger partial charge in [-0.05, 0) is 50.8 Å². The van der Waals surface area contributed by atoms with Crippen LogP contribution >= 0.6 is 11.3 Å². The molecule has 1 aromatic carbocycles. The molecule has 0 saturated carbocycles. The van der Waals surface area contributed by atoms with Gasteiger partial charge >= 0.3 is 0 Å². The van der Waals surface area contributed by atoms with E-state index in [0.29, 0.717) is 18.3 Å². The van der Waals surface area contributed by atoms with E-state index in [1.54, 1.807) is 23.2 Å². The first-order chi connectivity index (χ1) is 13.0. The summed E-state index contributed by atoms with van der Waals surface area (Å²) in [5.41, 5.74) is 2.17. The van der Waals surface area contributed by atoms with E-state index < -0.39 is 6.10 Å². The van der Waals surface area contributed by atoms with E-state index in [0.717, 1.165) is 21.8 Å². The highest BCUT2D eigenvalue weighted by atomic mass is 32.1. The predicted molar refractivity (Wildman–Crippen MR) is 105 cm³/mol. The molecule has 0 spiro atoms. The molecule has 7 heteroatoms. The zero-order valence-electron chi connectivity index (χ0n) is 15.9. The lowest BCUT2D eigenvalue weighted by molar-refractivity contribution is -0.138. The Balaban J connectivity index is 1.66. The van der Waals surface area contributed by atoms with Gasteiger partial charge in [0.1, 0.15) is 12.3 Å². The van der Waals surface area contributed by atoms with Crippen LogP contribution in [0.25, 0.3) is 10.7 Å². The molecule has 1 amide bonds. The van der Waals surface area contributed by atoms with E-state index in [1.807, 2.05) is 56.5 Å². The quantitative estimate of drug-likeness (QED) is 0.609. The molecule has 0 aliphatic heterocycles. The van der Waals surface area contributed by atoms with Gasteiger partial charge in [-0.25, -0.2) is 0 Å². The van der Waals surface area contributed by atoms with Gasteiger partial charge in [-0.15, -0.1) is 11.3 Å². The van der Waals surface area contributed by atoms with Crippen LogP contribution < -0.4 is 4.74 Å². The number of carbonyl (C=O) groups excluding carboxylic acids is 1. The van der Waals surface area contributed by atoms with Crippen molar-refractivity contribution in [3.05, 3.63) is 52.7 Å². The third kappa shape index (κ3) is 4.54. The van der Waals surface area contributed by atoms with Gasteiger partial charge < -0.3 is 14.2 Å². The molecule has 2 aromatic heterocycles. The molecule has 0 N–H and O–H groups in total. The van der Waals surface area contributed by atoms with Crippen LogP contribution in [0.2, 0.25) is 0 Å². The minimum Gasteiger partial charge on any atom is -0.481 e. The summed E-state index contributed by atoms with van der Waals surface area (Å²) in [5, 5.41) is 5.95. The van der Waals surface area contributed by atoms with Crippen molar-refractivity contribution < 1.29 is 14.1 Å².